The van der Waals surface area contributed by atoms with E-state index in [0.29, 0.717) is 6.61 Å². The standard InChI is InChI=1S/C14H23NO3/c1-2-12-5-6-14(18-12)13-11-17-10-8-15(13)7-3-4-9-16/h5-6,13,16H,2-4,7-11H2,1H3. The molecule has 2 rings (SSSR count). The van der Waals surface area contributed by atoms with Crippen molar-refractivity contribution in [3.8, 4) is 0 Å². The first-order valence-electron chi connectivity index (χ1n) is 6.86. The van der Waals surface area contributed by atoms with Gasteiger partial charge in [-0.1, -0.05) is 6.92 Å². The van der Waals surface area contributed by atoms with Crippen molar-refractivity contribution in [1.82, 2.24) is 4.90 Å². The molecule has 1 aromatic rings. The number of hydrogen-bond donors (Lipinski definition) is 1. The van der Waals surface area contributed by atoms with Crippen molar-refractivity contribution in [3.05, 3.63) is 23.7 Å². The molecule has 0 aromatic carbocycles. The third-order valence-corrected chi connectivity index (χ3v) is 3.45. The summed E-state index contributed by atoms with van der Waals surface area (Å²) in [5, 5.41) is 8.85. The minimum absolute atomic E-state index is 0.234. The van der Waals surface area contributed by atoms with E-state index < -0.39 is 0 Å². The molecule has 4 nitrogen and oxygen atoms in total. The van der Waals surface area contributed by atoms with Gasteiger partial charge in [-0.05, 0) is 31.5 Å². The summed E-state index contributed by atoms with van der Waals surface area (Å²) in [7, 11) is 0. The normalized spacial score (nSPS) is 21.3. The van der Waals surface area contributed by atoms with Crippen molar-refractivity contribution in [3.63, 3.8) is 0 Å². The first-order valence-corrected chi connectivity index (χ1v) is 6.86. The van der Waals surface area contributed by atoms with Crippen LogP contribution in [-0.2, 0) is 11.2 Å². The summed E-state index contributed by atoms with van der Waals surface area (Å²) < 4.78 is 11.4. The van der Waals surface area contributed by atoms with E-state index in [1.54, 1.807) is 0 Å². The first kappa shape index (κ1) is 13.6. The molecule has 1 unspecified atom stereocenters. The van der Waals surface area contributed by atoms with Crippen LogP contribution in [0, 0.1) is 0 Å². The number of aryl methyl sites for hydroxylation is 1. The van der Waals surface area contributed by atoms with Gasteiger partial charge in [0, 0.05) is 19.6 Å². The number of hydrogen-bond acceptors (Lipinski definition) is 4. The Morgan fingerprint density at radius 1 is 1.39 bits per heavy atom. The summed E-state index contributed by atoms with van der Waals surface area (Å²) in [6, 6.07) is 4.35. The Morgan fingerprint density at radius 2 is 2.28 bits per heavy atom. The van der Waals surface area contributed by atoms with Gasteiger partial charge in [0.15, 0.2) is 0 Å². The second kappa shape index (κ2) is 6.92. The van der Waals surface area contributed by atoms with E-state index in [4.69, 9.17) is 14.3 Å². The molecule has 0 radical (unpaired) electrons. The van der Waals surface area contributed by atoms with Crippen LogP contribution >= 0.6 is 0 Å². The molecule has 1 N–H and O–H groups in total. The second-order valence-electron chi connectivity index (χ2n) is 4.72. The van der Waals surface area contributed by atoms with Gasteiger partial charge < -0.3 is 14.3 Å². The predicted molar refractivity (Wildman–Crippen MR) is 69.5 cm³/mol. The molecular weight excluding hydrogens is 230 g/mol. The summed E-state index contributed by atoms with van der Waals surface area (Å²) in [4.78, 5) is 2.40. The lowest BCUT2D eigenvalue weighted by molar-refractivity contribution is -0.0173. The molecule has 1 aromatic heterocycles. The van der Waals surface area contributed by atoms with Crippen molar-refractivity contribution < 1.29 is 14.3 Å². The quantitative estimate of drug-likeness (QED) is 0.788. The van der Waals surface area contributed by atoms with Gasteiger partial charge in [-0.3, -0.25) is 4.90 Å². The molecule has 1 aliphatic heterocycles. The Balaban J connectivity index is 1.98. The van der Waals surface area contributed by atoms with Crippen molar-refractivity contribution in [2.75, 3.05) is 32.9 Å². The van der Waals surface area contributed by atoms with E-state index in [9.17, 15) is 0 Å². The van der Waals surface area contributed by atoms with Gasteiger partial charge in [-0.2, -0.15) is 0 Å². The summed E-state index contributed by atoms with van der Waals surface area (Å²) in [6.07, 6.45) is 2.81. The molecule has 102 valence electrons. The van der Waals surface area contributed by atoms with Crippen molar-refractivity contribution >= 4 is 0 Å². The Kier molecular flexibility index (Phi) is 5.23. The molecule has 0 spiro atoms. The van der Waals surface area contributed by atoms with Crippen molar-refractivity contribution in [2.45, 2.75) is 32.2 Å². The molecule has 1 saturated heterocycles. The van der Waals surface area contributed by atoms with Crippen LogP contribution in [0.15, 0.2) is 16.5 Å². The minimum Gasteiger partial charge on any atom is -0.464 e. The van der Waals surface area contributed by atoms with Crippen LogP contribution in [0.2, 0.25) is 0 Å². The number of morpholine rings is 1. The summed E-state index contributed by atoms with van der Waals surface area (Å²) in [5.41, 5.74) is 0. The molecule has 1 atom stereocenters. The van der Waals surface area contributed by atoms with E-state index >= 15 is 0 Å². The van der Waals surface area contributed by atoms with Gasteiger partial charge in [-0.25, -0.2) is 0 Å². The highest BCUT2D eigenvalue weighted by Crippen LogP contribution is 2.26. The lowest BCUT2D eigenvalue weighted by Gasteiger charge is -2.34. The smallest absolute Gasteiger partial charge is 0.123 e. The van der Waals surface area contributed by atoms with Gasteiger partial charge in [0.1, 0.15) is 11.5 Å². The minimum atomic E-state index is 0.234. The highest BCUT2D eigenvalue weighted by molar-refractivity contribution is 5.11. The molecule has 0 aliphatic carbocycles. The van der Waals surface area contributed by atoms with Crippen LogP contribution in [0.4, 0.5) is 0 Å². The third kappa shape index (κ3) is 3.34. The largest absolute Gasteiger partial charge is 0.464 e. The van der Waals surface area contributed by atoms with Gasteiger partial charge in [-0.15, -0.1) is 0 Å². The zero-order valence-electron chi connectivity index (χ0n) is 11.1. The fourth-order valence-electron chi connectivity index (χ4n) is 2.36. The summed E-state index contributed by atoms with van der Waals surface area (Å²) in [5.74, 6) is 2.04. The molecule has 0 amide bonds. The molecule has 1 fully saturated rings. The molecular formula is C14H23NO3. The fraction of sp³-hybridized carbons (Fsp3) is 0.714. The molecule has 18 heavy (non-hydrogen) atoms. The monoisotopic (exact) mass is 253 g/mol. The Hall–Kier alpha value is -0.840. The fourth-order valence-corrected chi connectivity index (χ4v) is 2.36. The Morgan fingerprint density at radius 3 is 3.00 bits per heavy atom. The number of furan rings is 1. The maximum Gasteiger partial charge on any atom is 0.123 e. The third-order valence-electron chi connectivity index (χ3n) is 3.45. The number of aliphatic hydroxyl groups is 1. The van der Waals surface area contributed by atoms with Crippen LogP contribution in [0.5, 0.6) is 0 Å². The highest BCUT2D eigenvalue weighted by atomic mass is 16.5. The van der Waals surface area contributed by atoms with Crippen LogP contribution in [0.1, 0.15) is 37.3 Å². The van der Waals surface area contributed by atoms with Crippen LogP contribution in [0.3, 0.4) is 0 Å². The van der Waals surface area contributed by atoms with E-state index in [0.717, 1.165) is 50.5 Å². The highest BCUT2D eigenvalue weighted by Gasteiger charge is 2.26. The number of unbranched alkanes of at least 4 members (excludes halogenated alkanes) is 1. The van der Waals surface area contributed by atoms with Crippen molar-refractivity contribution in [1.29, 1.82) is 0 Å². The van der Waals surface area contributed by atoms with Crippen LogP contribution < -0.4 is 0 Å². The molecule has 0 bridgehead atoms. The van der Waals surface area contributed by atoms with Gasteiger partial charge >= 0.3 is 0 Å². The maximum atomic E-state index is 8.85. The van der Waals surface area contributed by atoms with E-state index in [2.05, 4.69) is 24.0 Å². The number of nitrogens with zero attached hydrogens (tertiary/aromatic N) is 1. The number of aliphatic hydroxyl groups excluding tert-OH is 1. The predicted octanol–water partition coefficient (Wildman–Crippen LogP) is 1.99. The zero-order chi connectivity index (χ0) is 12.8. The summed E-state index contributed by atoms with van der Waals surface area (Å²) in [6.45, 7) is 5.80. The van der Waals surface area contributed by atoms with Crippen molar-refractivity contribution in [2.24, 2.45) is 0 Å². The van der Waals surface area contributed by atoms with E-state index in [1.807, 2.05) is 0 Å². The molecule has 1 aliphatic rings. The van der Waals surface area contributed by atoms with E-state index in [1.165, 1.54) is 0 Å². The van der Waals surface area contributed by atoms with Gasteiger partial charge in [0.05, 0.1) is 19.3 Å². The van der Waals surface area contributed by atoms with Gasteiger partial charge in [0.25, 0.3) is 0 Å². The Labute approximate surface area is 109 Å². The lowest BCUT2D eigenvalue weighted by Crippen LogP contribution is -2.39. The summed E-state index contributed by atoms with van der Waals surface area (Å²) >= 11 is 0. The molecule has 2 heterocycles. The maximum absolute atomic E-state index is 8.85. The van der Waals surface area contributed by atoms with Gasteiger partial charge in [0.2, 0.25) is 0 Å². The average molecular weight is 253 g/mol. The zero-order valence-corrected chi connectivity index (χ0v) is 11.1. The Bertz CT molecular complexity index is 351. The number of rotatable bonds is 6. The lowest BCUT2D eigenvalue weighted by atomic mass is 10.1. The average Bonchev–Trinajstić information content (AvgIpc) is 2.88. The second-order valence-corrected chi connectivity index (χ2v) is 4.72. The van der Waals surface area contributed by atoms with Crippen LogP contribution in [-0.4, -0.2) is 42.9 Å². The van der Waals surface area contributed by atoms with Crippen LogP contribution in [0.25, 0.3) is 0 Å². The molecule has 4 heteroatoms. The van der Waals surface area contributed by atoms with E-state index in [-0.39, 0.29) is 12.6 Å². The molecule has 0 saturated carbocycles. The first-order chi connectivity index (χ1) is 8.85. The SMILES string of the molecule is CCc1ccc(C2COCCN2CCCCO)o1. The number of ether oxygens (including phenoxy) is 1. The topological polar surface area (TPSA) is 45.8 Å².